The van der Waals surface area contributed by atoms with Crippen LogP contribution < -0.4 is 14.8 Å². The predicted molar refractivity (Wildman–Crippen MR) is 84.9 cm³/mol. The van der Waals surface area contributed by atoms with E-state index in [-0.39, 0.29) is 48.2 Å². The monoisotopic (exact) mass is 357 g/mol. The Bertz CT molecular complexity index is 766. The lowest BCUT2D eigenvalue weighted by Gasteiger charge is -2.37. The molecule has 0 amide bonds. The van der Waals surface area contributed by atoms with Gasteiger partial charge < -0.3 is 14.8 Å². The van der Waals surface area contributed by atoms with Gasteiger partial charge in [-0.15, -0.1) is 0 Å². The third kappa shape index (κ3) is 2.80. The largest absolute Gasteiger partial charge is 0.486 e. The standard InChI is InChI=1S/C14H19N3O6S/c1-9-10(2)16(4-3-15-9)24(20,21)14-8-13-12(22-5-6-23-13)7-11(14)17(18)19/h7-10,15H,3-6H2,1-2H3. The molecule has 1 aromatic carbocycles. The number of fused-ring (bicyclic) bond motifs is 1. The van der Waals surface area contributed by atoms with Crippen molar-refractivity contribution in [2.75, 3.05) is 26.3 Å². The molecule has 2 aliphatic rings. The van der Waals surface area contributed by atoms with E-state index in [0.717, 1.165) is 6.07 Å². The van der Waals surface area contributed by atoms with Gasteiger partial charge in [0, 0.05) is 31.2 Å². The molecular formula is C14H19N3O6S. The van der Waals surface area contributed by atoms with Crippen LogP contribution in [0.1, 0.15) is 13.8 Å². The molecule has 1 N–H and O–H groups in total. The van der Waals surface area contributed by atoms with Crippen LogP contribution in [-0.2, 0) is 10.0 Å². The van der Waals surface area contributed by atoms with Gasteiger partial charge in [0.25, 0.3) is 5.69 Å². The van der Waals surface area contributed by atoms with Crippen molar-refractivity contribution < 1.29 is 22.8 Å². The number of nitro benzene ring substituents is 1. The number of sulfonamides is 1. The second-order valence-electron chi connectivity index (χ2n) is 5.82. The van der Waals surface area contributed by atoms with Crippen LogP contribution in [0.4, 0.5) is 5.69 Å². The van der Waals surface area contributed by atoms with Crippen molar-refractivity contribution in [1.29, 1.82) is 0 Å². The van der Waals surface area contributed by atoms with Crippen LogP contribution in [0.5, 0.6) is 11.5 Å². The molecule has 9 nitrogen and oxygen atoms in total. The van der Waals surface area contributed by atoms with Crippen molar-refractivity contribution in [3.8, 4) is 11.5 Å². The van der Waals surface area contributed by atoms with Crippen LogP contribution >= 0.6 is 0 Å². The number of hydrogen-bond acceptors (Lipinski definition) is 7. The predicted octanol–water partition coefficient (Wildman–Crippen LogP) is 0.737. The first-order valence-corrected chi connectivity index (χ1v) is 9.09. The van der Waals surface area contributed by atoms with Gasteiger partial charge in [-0.2, -0.15) is 4.31 Å². The first-order chi connectivity index (χ1) is 11.3. The molecule has 1 aromatic rings. The normalized spacial score (nSPS) is 24.6. The van der Waals surface area contributed by atoms with E-state index in [0.29, 0.717) is 6.54 Å². The SMILES string of the molecule is CC1NCCN(S(=O)(=O)c2cc3c(cc2[N+](=O)[O-])OCCO3)C1C. The van der Waals surface area contributed by atoms with E-state index in [1.165, 1.54) is 10.4 Å². The minimum atomic E-state index is -4.04. The van der Waals surface area contributed by atoms with Crippen molar-refractivity contribution in [2.45, 2.75) is 30.8 Å². The molecule has 2 unspecified atom stereocenters. The lowest BCUT2D eigenvalue weighted by atomic mass is 10.1. The van der Waals surface area contributed by atoms with E-state index in [4.69, 9.17) is 9.47 Å². The molecule has 0 saturated carbocycles. The molecule has 2 heterocycles. The van der Waals surface area contributed by atoms with Crippen molar-refractivity contribution in [3.63, 3.8) is 0 Å². The van der Waals surface area contributed by atoms with Gasteiger partial charge in [-0.3, -0.25) is 10.1 Å². The summed E-state index contributed by atoms with van der Waals surface area (Å²) in [6.07, 6.45) is 0. The molecule has 0 aromatic heterocycles. The van der Waals surface area contributed by atoms with Crippen LogP contribution in [0.15, 0.2) is 17.0 Å². The summed E-state index contributed by atoms with van der Waals surface area (Å²) in [4.78, 5) is 10.3. The van der Waals surface area contributed by atoms with Gasteiger partial charge in [0.05, 0.1) is 11.0 Å². The number of rotatable bonds is 3. The fraction of sp³-hybridized carbons (Fsp3) is 0.571. The summed E-state index contributed by atoms with van der Waals surface area (Å²) >= 11 is 0. The molecular weight excluding hydrogens is 338 g/mol. The number of benzene rings is 1. The van der Waals surface area contributed by atoms with Gasteiger partial charge in [-0.05, 0) is 13.8 Å². The number of hydrogen-bond donors (Lipinski definition) is 1. The summed E-state index contributed by atoms with van der Waals surface area (Å²) in [6.45, 7) is 4.93. The highest BCUT2D eigenvalue weighted by Crippen LogP contribution is 2.40. The lowest BCUT2D eigenvalue weighted by molar-refractivity contribution is -0.388. The number of nitro groups is 1. The minimum Gasteiger partial charge on any atom is -0.486 e. The average Bonchev–Trinajstić information content (AvgIpc) is 2.55. The van der Waals surface area contributed by atoms with Gasteiger partial charge in [0.15, 0.2) is 16.4 Å². The van der Waals surface area contributed by atoms with Crippen molar-refractivity contribution >= 4 is 15.7 Å². The maximum Gasteiger partial charge on any atom is 0.293 e. The Hall–Kier alpha value is -1.91. The first kappa shape index (κ1) is 16.9. The summed E-state index contributed by atoms with van der Waals surface area (Å²) in [7, 11) is -4.04. The van der Waals surface area contributed by atoms with E-state index in [2.05, 4.69) is 5.32 Å². The first-order valence-electron chi connectivity index (χ1n) is 7.65. The number of piperazine rings is 1. The molecule has 0 aliphatic carbocycles. The quantitative estimate of drug-likeness (QED) is 0.627. The van der Waals surface area contributed by atoms with E-state index < -0.39 is 20.6 Å². The Kier molecular flexibility index (Phi) is 4.37. The molecule has 2 atom stereocenters. The van der Waals surface area contributed by atoms with Gasteiger partial charge >= 0.3 is 0 Å². The lowest BCUT2D eigenvalue weighted by Crippen LogP contribution is -2.57. The van der Waals surface area contributed by atoms with E-state index in [1.807, 2.05) is 6.92 Å². The second-order valence-corrected chi connectivity index (χ2v) is 7.68. The molecule has 0 spiro atoms. The second kappa shape index (κ2) is 6.19. The third-order valence-electron chi connectivity index (χ3n) is 4.38. The van der Waals surface area contributed by atoms with Crippen LogP contribution in [0.3, 0.4) is 0 Å². The third-order valence-corrected chi connectivity index (χ3v) is 6.40. The Balaban J connectivity index is 2.11. The van der Waals surface area contributed by atoms with Gasteiger partial charge in [-0.25, -0.2) is 8.42 Å². The summed E-state index contributed by atoms with van der Waals surface area (Å²) in [5, 5.41) is 14.6. The minimum absolute atomic E-state index is 0.0511. The number of nitrogens with zero attached hydrogens (tertiary/aromatic N) is 2. The van der Waals surface area contributed by atoms with Gasteiger partial charge in [0.2, 0.25) is 10.0 Å². The van der Waals surface area contributed by atoms with E-state index in [9.17, 15) is 18.5 Å². The van der Waals surface area contributed by atoms with E-state index >= 15 is 0 Å². The van der Waals surface area contributed by atoms with Crippen LogP contribution in [0.25, 0.3) is 0 Å². The highest BCUT2D eigenvalue weighted by Gasteiger charge is 2.39. The summed E-state index contributed by atoms with van der Waals surface area (Å²) in [5.74, 6) is 0.398. The molecule has 3 rings (SSSR count). The smallest absolute Gasteiger partial charge is 0.293 e. The van der Waals surface area contributed by atoms with Crippen molar-refractivity contribution in [2.24, 2.45) is 0 Å². The molecule has 24 heavy (non-hydrogen) atoms. The Morgan fingerprint density at radius 3 is 2.50 bits per heavy atom. The molecule has 2 aliphatic heterocycles. The maximum absolute atomic E-state index is 13.1. The Labute approximate surface area is 139 Å². The van der Waals surface area contributed by atoms with E-state index in [1.54, 1.807) is 6.92 Å². The number of ether oxygens (including phenoxy) is 2. The highest BCUT2D eigenvalue weighted by molar-refractivity contribution is 7.89. The molecule has 1 saturated heterocycles. The van der Waals surface area contributed by atoms with Crippen molar-refractivity contribution in [1.82, 2.24) is 9.62 Å². The van der Waals surface area contributed by atoms with Crippen LogP contribution in [0.2, 0.25) is 0 Å². The number of nitrogens with one attached hydrogen (secondary N) is 1. The summed E-state index contributed by atoms with van der Waals surface area (Å²) < 4.78 is 38.1. The Morgan fingerprint density at radius 2 is 1.88 bits per heavy atom. The average molecular weight is 357 g/mol. The highest BCUT2D eigenvalue weighted by atomic mass is 32.2. The fourth-order valence-electron chi connectivity index (χ4n) is 2.90. The fourth-order valence-corrected chi connectivity index (χ4v) is 4.76. The summed E-state index contributed by atoms with van der Waals surface area (Å²) in [6, 6.07) is 1.94. The zero-order valence-corrected chi connectivity index (χ0v) is 14.2. The molecule has 10 heteroatoms. The molecule has 132 valence electrons. The molecule has 0 radical (unpaired) electrons. The van der Waals surface area contributed by atoms with Crippen LogP contribution in [-0.4, -0.2) is 56.0 Å². The van der Waals surface area contributed by atoms with Crippen LogP contribution in [0, 0.1) is 10.1 Å². The topological polar surface area (TPSA) is 111 Å². The maximum atomic E-state index is 13.1. The summed E-state index contributed by atoms with van der Waals surface area (Å²) in [5.41, 5.74) is -0.502. The van der Waals surface area contributed by atoms with Gasteiger partial charge in [-0.1, -0.05) is 0 Å². The zero-order chi connectivity index (χ0) is 17.5. The molecule has 1 fully saturated rings. The van der Waals surface area contributed by atoms with Crippen molar-refractivity contribution in [3.05, 3.63) is 22.2 Å². The zero-order valence-electron chi connectivity index (χ0n) is 13.4. The Morgan fingerprint density at radius 1 is 1.25 bits per heavy atom. The molecule has 0 bridgehead atoms. The van der Waals surface area contributed by atoms with Gasteiger partial charge in [0.1, 0.15) is 13.2 Å².